The summed E-state index contributed by atoms with van der Waals surface area (Å²) in [5.74, 6) is 2.00. The SMILES string of the molecule is C=C1CC[C@H]2[C@](C)(CCC[C@]2(C)C(=O)OC)[C@H]1CCc1ccoc1C[NH+]1CCCCC1. The highest BCUT2D eigenvalue weighted by atomic mass is 16.5. The highest BCUT2D eigenvalue weighted by molar-refractivity contribution is 5.77. The van der Waals surface area contributed by atoms with E-state index in [9.17, 15) is 4.79 Å². The summed E-state index contributed by atoms with van der Waals surface area (Å²) in [6, 6.07) is 2.18. The van der Waals surface area contributed by atoms with Gasteiger partial charge in [-0.3, -0.25) is 4.79 Å². The van der Waals surface area contributed by atoms with E-state index in [1.54, 1.807) is 12.0 Å². The Morgan fingerprint density at radius 3 is 2.74 bits per heavy atom. The molecule has 1 N–H and O–H groups in total. The van der Waals surface area contributed by atoms with E-state index in [0.717, 1.165) is 45.1 Å². The van der Waals surface area contributed by atoms with Crippen molar-refractivity contribution in [3.63, 3.8) is 0 Å². The predicted octanol–water partition coefficient (Wildman–Crippen LogP) is 4.73. The number of carbonyl (C=O) groups is 1. The summed E-state index contributed by atoms with van der Waals surface area (Å²) in [5.41, 5.74) is 2.53. The molecule has 1 aliphatic heterocycles. The molecule has 2 aliphatic carbocycles. The molecule has 0 spiro atoms. The van der Waals surface area contributed by atoms with Crippen molar-refractivity contribution in [1.82, 2.24) is 0 Å². The van der Waals surface area contributed by atoms with Crippen LogP contribution in [0.3, 0.4) is 0 Å². The molecule has 0 aromatic carbocycles. The third-order valence-corrected chi connectivity index (χ3v) is 9.18. The number of ether oxygens (including phenoxy) is 1. The van der Waals surface area contributed by atoms with E-state index in [2.05, 4.69) is 26.5 Å². The molecule has 0 amide bonds. The van der Waals surface area contributed by atoms with E-state index in [1.165, 1.54) is 55.7 Å². The smallest absolute Gasteiger partial charge is 0.311 e. The molecule has 1 saturated heterocycles. The van der Waals surface area contributed by atoms with Gasteiger partial charge in [0.15, 0.2) is 5.76 Å². The van der Waals surface area contributed by atoms with Crippen LogP contribution in [-0.2, 0) is 22.5 Å². The van der Waals surface area contributed by atoms with Crippen molar-refractivity contribution in [2.24, 2.45) is 22.7 Å². The second-order valence-corrected chi connectivity index (χ2v) is 11.0. The van der Waals surface area contributed by atoms with Gasteiger partial charge >= 0.3 is 5.97 Å². The first-order chi connectivity index (χ1) is 14.9. The van der Waals surface area contributed by atoms with Crippen LogP contribution in [-0.4, -0.2) is 26.2 Å². The lowest BCUT2D eigenvalue weighted by Crippen LogP contribution is -3.11. The van der Waals surface area contributed by atoms with Crippen LogP contribution in [0, 0.1) is 22.7 Å². The second-order valence-electron chi connectivity index (χ2n) is 11.0. The summed E-state index contributed by atoms with van der Waals surface area (Å²) >= 11 is 0. The Labute approximate surface area is 188 Å². The molecule has 3 aliphatic rings. The number of hydrogen-bond donors (Lipinski definition) is 1. The van der Waals surface area contributed by atoms with Crippen molar-refractivity contribution in [2.45, 2.75) is 84.6 Å². The first kappa shape index (κ1) is 22.6. The molecule has 1 aromatic rings. The number of furan rings is 1. The summed E-state index contributed by atoms with van der Waals surface area (Å²) in [6.07, 6.45) is 13.4. The highest BCUT2D eigenvalue weighted by Crippen LogP contribution is 2.62. The zero-order valence-electron chi connectivity index (χ0n) is 19.9. The Balaban J connectivity index is 1.49. The summed E-state index contributed by atoms with van der Waals surface area (Å²) in [5, 5.41) is 0. The van der Waals surface area contributed by atoms with Gasteiger partial charge in [0, 0.05) is 0 Å². The standard InChI is InChI=1S/C27H41NO3/c1-20-9-12-24-26(2,14-8-15-27(24,3)25(29)30-4)22(20)11-10-21-13-18-31-23(21)19-28-16-6-5-7-17-28/h13,18,22,24H,1,5-12,14-17,19H2,2-4H3/p+1/t22-,24-,26+,27-/m0/s1. The fraction of sp³-hybridized carbons (Fsp3) is 0.741. The molecule has 0 bridgehead atoms. The van der Waals surface area contributed by atoms with Gasteiger partial charge < -0.3 is 14.1 Å². The van der Waals surface area contributed by atoms with Gasteiger partial charge in [-0.2, -0.15) is 0 Å². The van der Waals surface area contributed by atoms with E-state index in [-0.39, 0.29) is 16.8 Å². The maximum Gasteiger partial charge on any atom is 0.311 e. The lowest BCUT2D eigenvalue weighted by atomic mass is 9.46. The van der Waals surface area contributed by atoms with Crippen LogP contribution in [0.1, 0.15) is 83.0 Å². The molecule has 4 nitrogen and oxygen atoms in total. The summed E-state index contributed by atoms with van der Waals surface area (Å²) < 4.78 is 11.2. The zero-order chi connectivity index (χ0) is 22.1. The van der Waals surface area contributed by atoms with E-state index in [1.807, 2.05) is 6.26 Å². The number of fused-ring (bicyclic) bond motifs is 1. The minimum absolute atomic E-state index is 0.0173. The molecule has 3 fully saturated rings. The van der Waals surface area contributed by atoms with Crippen LogP contribution < -0.4 is 4.90 Å². The number of nitrogens with one attached hydrogen (secondary N) is 1. The van der Waals surface area contributed by atoms with E-state index in [0.29, 0.717) is 11.8 Å². The normalized spacial score (nSPS) is 34.4. The first-order valence-electron chi connectivity index (χ1n) is 12.5. The zero-order valence-corrected chi connectivity index (χ0v) is 19.9. The number of aryl methyl sites for hydroxylation is 1. The summed E-state index contributed by atoms with van der Waals surface area (Å²) in [6.45, 7) is 12.7. The lowest BCUT2D eigenvalue weighted by molar-refractivity contribution is -0.919. The third-order valence-electron chi connectivity index (χ3n) is 9.18. The fourth-order valence-corrected chi connectivity index (χ4v) is 7.46. The van der Waals surface area contributed by atoms with E-state index >= 15 is 0 Å². The predicted molar refractivity (Wildman–Crippen MR) is 123 cm³/mol. The fourth-order valence-electron chi connectivity index (χ4n) is 7.46. The molecule has 2 saturated carbocycles. The monoisotopic (exact) mass is 428 g/mol. The lowest BCUT2D eigenvalue weighted by Gasteiger charge is -2.57. The van der Waals surface area contributed by atoms with Crippen molar-refractivity contribution in [1.29, 1.82) is 0 Å². The second kappa shape index (κ2) is 9.13. The number of hydrogen-bond acceptors (Lipinski definition) is 3. The van der Waals surface area contributed by atoms with Gasteiger partial charge in [0.1, 0.15) is 6.54 Å². The van der Waals surface area contributed by atoms with E-state index in [4.69, 9.17) is 9.15 Å². The van der Waals surface area contributed by atoms with Crippen molar-refractivity contribution < 1.29 is 18.8 Å². The van der Waals surface area contributed by atoms with Crippen LogP contribution in [0.5, 0.6) is 0 Å². The van der Waals surface area contributed by atoms with Gasteiger partial charge in [-0.25, -0.2) is 0 Å². The molecular formula is C27H42NO3+. The summed E-state index contributed by atoms with van der Waals surface area (Å²) in [4.78, 5) is 14.5. The van der Waals surface area contributed by atoms with Crippen molar-refractivity contribution >= 4 is 5.97 Å². The average Bonchev–Trinajstić information content (AvgIpc) is 3.20. The first-order valence-corrected chi connectivity index (χ1v) is 12.5. The maximum atomic E-state index is 12.8. The quantitative estimate of drug-likeness (QED) is 0.526. The Kier molecular flexibility index (Phi) is 6.67. The number of quaternary nitrogens is 1. The average molecular weight is 429 g/mol. The number of piperidine rings is 1. The topological polar surface area (TPSA) is 43.9 Å². The molecule has 1 aromatic heterocycles. The largest absolute Gasteiger partial charge is 0.469 e. The molecule has 4 rings (SSSR count). The number of methoxy groups -OCH3 is 1. The molecule has 4 atom stereocenters. The minimum atomic E-state index is -0.362. The maximum absolute atomic E-state index is 12.8. The van der Waals surface area contributed by atoms with Crippen molar-refractivity contribution in [3.05, 3.63) is 35.8 Å². The van der Waals surface area contributed by atoms with Crippen LogP contribution in [0.2, 0.25) is 0 Å². The molecule has 172 valence electrons. The van der Waals surface area contributed by atoms with Gasteiger partial charge in [0.2, 0.25) is 0 Å². The van der Waals surface area contributed by atoms with Gasteiger partial charge in [0.25, 0.3) is 0 Å². The Bertz CT molecular complexity index is 792. The molecule has 0 unspecified atom stereocenters. The van der Waals surface area contributed by atoms with Crippen LogP contribution in [0.15, 0.2) is 28.9 Å². The number of esters is 1. The van der Waals surface area contributed by atoms with E-state index < -0.39 is 0 Å². The van der Waals surface area contributed by atoms with Gasteiger partial charge in [-0.1, -0.05) is 25.5 Å². The third kappa shape index (κ3) is 4.25. The molecule has 4 heteroatoms. The molecule has 2 heterocycles. The van der Waals surface area contributed by atoms with Crippen LogP contribution >= 0.6 is 0 Å². The van der Waals surface area contributed by atoms with Crippen LogP contribution in [0.4, 0.5) is 0 Å². The molecule has 0 radical (unpaired) electrons. The van der Waals surface area contributed by atoms with Crippen LogP contribution in [0.25, 0.3) is 0 Å². The Hall–Kier alpha value is -1.55. The van der Waals surface area contributed by atoms with Gasteiger partial charge in [-0.15, -0.1) is 0 Å². The van der Waals surface area contributed by atoms with Gasteiger partial charge in [0.05, 0.1) is 31.9 Å². The number of rotatable bonds is 6. The Morgan fingerprint density at radius 2 is 2.00 bits per heavy atom. The number of likely N-dealkylation sites (tertiary alicyclic amines) is 1. The highest BCUT2D eigenvalue weighted by Gasteiger charge is 2.57. The van der Waals surface area contributed by atoms with Gasteiger partial charge in [-0.05, 0) is 93.6 Å². The number of carbonyl (C=O) groups excluding carboxylic acids is 1. The number of allylic oxidation sites excluding steroid dienone is 1. The minimum Gasteiger partial charge on any atom is -0.469 e. The van der Waals surface area contributed by atoms with Crippen molar-refractivity contribution in [2.75, 3.05) is 20.2 Å². The summed E-state index contributed by atoms with van der Waals surface area (Å²) in [7, 11) is 1.55. The molecular weight excluding hydrogens is 386 g/mol. The Morgan fingerprint density at radius 1 is 1.23 bits per heavy atom. The molecule has 31 heavy (non-hydrogen) atoms. The van der Waals surface area contributed by atoms with Crippen molar-refractivity contribution in [3.8, 4) is 0 Å².